The molecule has 1 fully saturated rings. The monoisotopic (exact) mass is 369 g/mol. The zero-order chi connectivity index (χ0) is 19.7. The first-order valence-corrected chi connectivity index (χ1v) is 8.73. The second-order valence-corrected chi connectivity index (χ2v) is 6.89. The number of piperidine rings is 1. The summed E-state index contributed by atoms with van der Waals surface area (Å²) in [5, 5.41) is 5.91. The van der Waals surface area contributed by atoms with Gasteiger partial charge in [0.15, 0.2) is 0 Å². The molecular weight excluding hydrogens is 346 g/mol. The number of nitrogens with zero attached hydrogens (tertiary/aromatic N) is 3. The zero-order valence-corrected chi connectivity index (χ0v) is 15.7. The van der Waals surface area contributed by atoms with E-state index in [0.717, 1.165) is 5.56 Å². The second-order valence-electron chi connectivity index (χ2n) is 6.89. The summed E-state index contributed by atoms with van der Waals surface area (Å²) in [6.45, 7) is 5.79. The van der Waals surface area contributed by atoms with Crippen LogP contribution in [0.4, 0.5) is 4.79 Å². The number of urea groups is 1. The van der Waals surface area contributed by atoms with Crippen LogP contribution in [-0.2, 0) is 11.3 Å². The fourth-order valence-electron chi connectivity index (χ4n) is 3.18. The second kappa shape index (κ2) is 7.22. The van der Waals surface area contributed by atoms with Gasteiger partial charge in [-0.15, -0.1) is 0 Å². The van der Waals surface area contributed by atoms with Crippen molar-refractivity contribution >= 4 is 22.8 Å². The van der Waals surface area contributed by atoms with Gasteiger partial charge < -0.3 is 15.5 Å². The fourth-order valence-corrected chi connectivity index (χ4v) is 3.18. The molecule has 3 rings (SSSR count). The number of allylic oxidation sites excluding steroid dienone is 1. The number of carbonyl (C=O) groups is 2. The van der Waals surface area contributed by atoms with Gasteiger partial charge in [-0.2, -0.15) is 0 Å². The topological polar surface area (TPSA) is 96.3 Å². The van der Waals surface area contributed by atoms with Gasteiger partial charge in [0.25, 0.3) is 5.56 Å². The molecule has 0 aliphatic carbocycles. The van der Waals surface area contributed by atoms with Crippen molar-refractivity contribution in [2.75, 3.05) is 14.1 Å². The van der Waals surface area contributed by atoms with Gasteiger partial charge in [-0.05, 0) is 37.5 Å². The van der Waals surface area contributed by atoms with Crippen molar-refractivity contribution in [2.45, 2.75) is 32.4 Å². The molecule has 2 aromatic rings. The van der Waals surface area contributed by atoms with Crippen LogP contribution in [0.25, 0.3) is 10.9 Å². The molecule has 1 atom stereocenters. The van der Waals surface area contributed by atoms with E-state index in [2.05, 4.69) is 22.2 Å². The highest BCUT2D eigenvalue weighted by atomic mass is 16.2. The number of fused-ring (bicyclic) bond motifs is 1. The molecule has 0 radical (unpaired) electrons. The lowest BCUT2D eigenvalue weighted by atomic mass is 10.0. The molecule has 1 aromatic carbocycles. The molecule has 1 aromatic heterocycles. The van der Waals surface area contributed by atoms with E-state index in [-0.39, 0.29) is 17.5 Å². The number of benzene rings is 1. The summed E-state index contributed by atoms with van der Waals surface area (Å²) in [5.41, 5.74) is 1.76. The number of carbonyl (C=O) groups excluding carboxylic acids is 2. The predicted octanol–water partition coefficient (Wildman–Crippen LogP) is 1.44. The Hall–Kier alpha value is -3.16. The first-order chi connectivity index (χ1) is 12.8. The van der Waals surface area contributed by atoms with Crippen molar-refractivity contribution in [3.63, 3.8) is 0 Å². The predicted molar refractivity (Wildman–Crippen MR) is 102 cm³/mol. The average Bonchev–Trinajstić information content (AvgIpc) is 2.61. The van der Waals surface area contributed by atoms with Gasteiger partial charge >= 0.3 is 6.03 Å². The Morgan fingerprint density at radius 1 is 1.41 bits per heavy atom. The first-order valence-electron chi connectivity index (χ1n) is 8.73. The van der Waals surface area contributed by atoms with Crippen LogP contribution < -0.4 is 16.2 Å². The lowest BCUT2D eigenvalue weighted by Gasteiger charge is -2.26. The van der Waals surface area contributed by atoms with Gasteiger partial charge in [0.05, 0.1) is 10.9 Å². The minimum atomic E-state index is -0.600. The lowest BCUT2D eigenvalue weighted by molar-refractivity contribution is -0.124. The minimum absolute atomic E-state index is 0.214. The summed E-state index contributed by atoms with van der Waals surface area (Å²) < 4.78 is 1.45. The van der Waals surface area contributed by atoms with E-state index >= 15 is 0 Å². The summed E-state index contributed by atoms with van der Waals surface area (Å²) in [6, 6.07) is 4.49. The zero-order valence-electron chi connectivity index (χ0n) is 15.7. The van der Waals surface area contributed by atoms with Crippen LogP contribution in [0.2, 0.25) is 0 Å². The highest BCUT2D eigenvalue weighted by Crippen LogP contribution is 2.22. The molecule has 0 spiro atoms. The molecule has 3 amide bonds. The van der Waals surface area contributed by atoms with Gasteiger partial charge in [-0.25, -0.2) is 9.78 Å². The Morgan fingerprint density at radius 2 is 2.15 bits per heavy atom. The number of hydrogen-bond acceptors (Lipinski definition) is 4. The Labute approximate surface area is 156 Å². The number of hydrogen-bond donors (Lipinski definition) is 2. The Bertz CT molecular complexity index is 993. The van der Waals surface area contributed by atoms with E-state index in [1.54, 1.807) is 33.2 Å². The number of nitrogens with one attached hydrogen (secondary N) is 2. The number of aromatic nitrogens is 2. The van der Waals surface area contributed by atoms with E-state index < -0.39 is 6.04 Å². The molecule has 142 valence electrons. The maximum atomic E-state index is 13.1. The molecular formula is C19H23N5O3. The van der Waals surface area contributed by atoms with Crippen molar-refractivity contribution in [3.8, 4) is 0 Å². The van der Waals surface area contributed by atoms with Crippen LogP contribution >= 0.6 is 0 Å². The third kappa shape index (κ3) is 3.69. The summed E-state index contributed by atoms with van der Waals surface area (Å²) in [5.74, 6) is 0.251. The van der Waals surface area contributed by atoms with E-state index in [4.69, 9.17) is 0 Å². The van der Waals surface area contributed by atoms with Crippen molar-refractivity contribution in [1.82, 2.24) is 25.1 Å². The minimum Gasteiger partial charge on any atom is -0.334 e. The Morgan fingerprint density at radius 3 is 2.81 bits per heavy atom. The molecule has 1 unspecified atom stereocenters. The summed E-state index contributed by atoms with van der Waals surface area (Å²) in [4.78, 5) is 43.1. The van der Waals surface area contributed by atoms with E-state index in [0.29, 0.717) is 41.8 Å². The molecule has 0 saturated carbocycles. The number of aryl methyl sites for hydroxylation is 1. The van der Waals surface area contributed by atoms with E-state index in [9.17, 15) is 14.4 Å². The van der Waals surface area contributed by atoms with Gasteiger partial charge in [0, 0.05) is 26.3 Å². The molecule has 1 aliphatic heterocycles. The lowest BCUT2D eigenvalue weighted by Crippen LogP contribution is -2.41. The first kappa shape index (κ1) is 18.6. The standard InChI is InChI=1S/C19H23N5O3/c1-11-5-8-16(17(25)21-11)24-12(2)22-15-7-6-13(9-14(15)18(24)26)10-20-19(27)23(3)4/h6-7,9,16H,1,5,8,10H2,2-4H3,(H,20,27)(H,21,25). The molecule has 1 aliphatic rings. The molecule has 27 heavy (non-hydrogen) atoms. The fraction of sp³-hybridized carbons (Fsp3) is 0.368. The van der Waals surface area contributed by atoms with Crippen LogP contribution in [0.1, 0.15) is 30.3 Å². The molecule has 8 nitrogen and oxygen atoms in total. The highest BCUT2D eigenvalue weighted by molar-refractivity contribution is 5.84. The van der Waals surface area contributed by atoms with E-state index in [1.165, 1.54) is 9.47 Å². The molecule has 8 heteroatoms. The average molecular weight is 369 g/mol. The third-order valence-corrected chi connectivity index (χ3v) is 4.62. The van der Waals surface area contributed by atoms with Crippen LogP contribution in [0.3, 0.4) is 0 Å². The quantitative estimate of drug-likeness (QED) is 0.856. The maximum absolute atomic E-state index is 13.1. The largest absolute Gasteiger partial charge is 0.334 e. The van der Waals surface area contributed by atoms with E-state index in [1.807, 2.05) is 6.07 Å². The van der Waals surface area contributed by atoms with Crippen LogP contribution in [0.15, 0.2) is 35.3 Å². The molecule has 0 bridgehead atoms. The van der Waals surface area contributed by atoms with Crippen LogP contribution in [0, 0.1) is 6.92 Å². The Balaban J connectivity index is 1.99. The van der Waals surface area contributed by atoms with Crippen molar-refractivity contribution in [2.24, 2.45) is 0 Å². The molecule has 2 heterocycles. The number of rotatable bonds is 3. The SMILES string of the molecule is C=C1CCC(n2c(C)nc3ccc(CNC(=O)N(C)C)cc3c2=O)C(=O)N1. The summed E-state index contributed by atoms with van der Waals surface area (Å²) in [6.07, 6.45) is 1.13. The van der Waals surface area contributed by atoms with Gasteiger partial charge in [-0.1, -0.05) is 12.6 Å². The van der Waals surface area contributed by atoms with Gasteiger partial charge in [-0.3, -0.25) is 14.2 Å². The molecule has 1 saturated heterocycles. The Kier molecular flexibility index (Phi) is 4.98. The van der Waals surface area contributed by atoms with Crippen molar-refractivity contribution < 1.29 is 9.59 Å². The smallest absolute Gasteiger partial charge is 0.317 e. The number of amides is 3. The van der Waals surface area contributed by atoms with Crippen LogP contribution in [-0.4, -0.2) is 40.5 Å². The van der Waals surface area contributed by atoms with Crippen LogP contribution in [0.5, 0.6) is 0 Å². The van der Waals surface area contributed by atoms with Gasteiger partial charge in [0.1, 0.15) is 11.9 Å². The third-order valence-electron chi connectivity index (χ3n) is 4.62. The summed E-state index contributed by atoms with van der Waals surface area (Å²) >= 11 is 0. The van der Waals surface area contributed by atoms with Crippen molar-refractivity contribution in [3.05, 3.63) is 52.2 Å². The van der Waals surface area contributed by atoms with Gasteiger partial charge in [0.2, 0.25) is 5.91 Å². The highest BCUT2D eigenvalue weighted by Gasteiger charge is 2.28. The van der Waals surface area contributed by atoms with Crippen molar-refractivity contribution in [1.29, 1.82) is 0 Å². The maximum Gasteiger partial charge on any atom is 0.317 e. The summed E-state index contributed by atoms with van der Waals surface area (Å²) in [7, 11) is 3.32. The molecule has 2 N–H and O–H groups in total. The normalized spacial score (nSPS) is 16.9.